The zero-order chi connectivity index (χ0) is 18.7. The monoisotopic (exact) mass is 354 g/mol. The highest BCUT2D eigenvalue weighted by Gasteiger charge is 2.16. The van der Waals surface area contributed by atoms with Crippen molar-refractivity contribution in [3.05, 3.63) is 52.6 Å². The van der Waals surface area contributed by atoms with Crippen LogP contribution in [0.2, 0.25) is 0 Å². The van der Waals surface area contributed by atoms with Crippen molar-refractivity contribution in [2.24, 2.45) is 5.41 Å². The van der Waals surface area contributed by atoms with Crippen LogP contribution in [0, 0.1) is 5.41 Å². The number of allylic oxidation sites excluding steroid dienone is 1. The lowest BCUT2D eigenvalue weighted by molar-refractivity contribution is -0.114. The Hall–Kier alpha value is -2.82. The average molecular weight is 354 g/mol. The summed E-state index contributed by atoms with van der Waals surface area (Å²) in [5.41, 5.74) is 1.48. The van der Waals surface area contributed by atoms with Crippen molar-refractivity contribution < 1.29 is 18.4 Å². The van der Waals surface area contributed by atoms with E-state index in [4.69, 9.17) is 13.6 Å². The molecule has 3 rings (SSSR count). The highest BCUT2D eigenvalue weighted by Crippen LogP contribution is 2.35. The fourth-order valence-corrected chi connectivity index (χ4v) is 2.71. The quantitative estimate of drug-likeness (QED) is 0.344. The normalized spacial score (nSPS) is 12.7. The maximum atomic E-state index is 11.5. The summed E-state index contributed by atoms with van der Waals surface area (Å²) in [6.45, 7) is 6.28. The number of furan rings is 1. The first-order chi connectivity index (χ1) is 12.4. The summed E-state index contributed by atoms with van der Waals surface area (Å²) >= 11 is 0. The predicted octanol–water partition coefficient (Wildman–Crippen LogP) is 4.87. The Kier molecular flexibility index (Phi) is 4.98. The summed E-state index contributed by atoms with van der Waals surface area (Å²) in [5, 5.41) is 1.56. The molecular weight excluding hydrogens is 332 g/mol. The molecule has 1 aromatic carbocycles. The molecular formula is C21H22O5. The zero-order valence-corrected chi connectivity index (χ0v) is 15.2. The lowest BCUT2D eigenvalue weighted by atomic mass is 9.88. The number of hydrogen-bond acceptors (Lipinski definition) is 5. The number of aldehydes is 1. The van der Waals surface area contributed by atoms with Crippen molar-refractivity contribution in [1.29, 1.82) is 0 Å². The van der Waals surface area contributed by atoms with Crippen molar-refractivity contribution >= 4 is 28.2 Å². The molecule has 0 amide bonds. The molecule has 0 radical (unpaired) electrons. The van der Waals surface area contributed by atoms with Gasteiger partial charge in [-0.1, -0.05) is 19.4 Å². The molecule has 2 heterocycles. The van der Waals surface area contributed by atoms with E-state index in [9.17, 15) is 9.59 Å². The summed E-state index contributed by atoms with van der Waals surface area (Å²) in [7, 11) is 0. The van der Waals surface area contributed by atoms with Gasteiger partial charge < -0.3 is 18.4 Å². The van der Waals surface area contributed by atoms with Crippen molar-refractivity contribution in [2.45, 2.75) is 33.6 Å². The lowest BCUT2D eigenvalue weighted by Gasteiger charge is -2.16. The Morgan fingerprint density at radius 3 is 2.73 bits per heavy atom. The summed E-state index contributed by atoms with van der Waals surface area (Å²) in [6, 6.07) is 6.61. The van der Waals surface area contributed by atoms with E-state index in [1.54, 1.807) is 18.4 Å². The van der Waals surface area contributed by atoms with Gasteiger partial charge in [0.25, 0.3) is 0 Å². The van der Waals surface area contributed by atoms with Crippen LogP contribution in [0.5, 0.6) is 5.75 Å². The van der Waals surface area contributed by atoms with Crippen molar-refractivity contribution in [2.75, 3.05) is 6.61 Å². The minimum Gasteiger partial charge on any atom is -0.488 e. The van der Waals surface area contributed by atoms with Crippen LogP contribution in [-0.2, 0) is 4.79 Å². The summed E-state index contributed by atoms with van der Waals surface area (Å²) in [6.07, 6.45) is 6.21. The summed E-state index contributed by atoms with van der Waals surface area (Å²) in [5.74, 6) is 0.632. The van der Waals surface area contributed by atoms with Crippen LogP contribution in [0.1, 0.15) is 33.6 Å². The number of carbonyl (C=O) groups is 1. The molecule has 136 valence electrons. The Balaban J connectivity index is 1.81. The van der Waals surface area contributed by atoms with Gasteiger partial charge in [0.1, 0.15) is 29.8 Å². The Morgan fingerprint density at radius 2 is 1.96 bits per heavy atom. The van der Waals surface area contributed by atoms with Gasteiger partial charge in [-0.2, -0.15) is 0 Å². The van der Waals surface area contributed by atoms with Gasteiger partial charge in [-0.05, 0) is 38.0 Å². The second-order valence-electron chi connectivity index (χ2n) is 7.17. The second-order valence-corrected chi connectivity index (χ2v) is 7.17. The molecule has 0 saturated carbocycles. The summed E-state index contributed by atoms with van der Waals surface area (Å²) in [4.78, 5) is 22.5. The van der Waals surface area contributed by atoms with Gasteiger partial charge in [0.15, 0.2) is 0 Å². The Bertz CT molecular complexity index is 1020. The van der Waals surface area contributed by atoms with Crippen LogP contribution in [-0.4, -0.2) is 12.9 Å². The second kappa shape index (κ2) is 7.20. The molecule has 26 heavy (non-hydrogen) atoms. The fraction of sp³-hybridized carbons (Fsp3) is 0.333. The van der Waals surface area contributed by atoms with E-state index in [0.29, 0.717) is 23.5 Å². The largest absolute Gasteiger partial charge is 0.488 e. The predicted molar refractivity (Wildman–Crippen MR) is 101 cm³/mol. The van der Waals surface area contributed by atoms with Gasteiger partial charge in [0.2, 0.25) is 0 Å². The van der Waals surface area contributed by atoms with Gasteiger partial charge in [0, 0.05) is 17.5 Å². The van der Waals surface area contributed by atoms with E-state index < -0.39 is 5.63 Å². The maximum Gasteiger partial charge on any atom is 0.336 e. The van der Waals surface area contributed by atoms with Gasteiger partial charge in [0.05, 0.1) is 17.0 Å². The standard InChI is InChI=1S/C21H22O5/c1-14(6-9-21(2,3)13-22)7-10-25-20-15-4-5-19(23)26-18(15)12-17-16(20)8-11-24-17/h4-5,7-8,11-13H,6,9-10H2,1-3H3/b14-7+. The van der Waals surface area contributed by atoms with Gasteiger partial charge in [-0.15, -0.1) is 0 Å². The SMILES string of the molecule is C/C(=C\COc1c2ccoc2cc2oc(=O)ccc12)CCC(C)(C)C=O. The van der Waals surface area contributed by atoms with Crippen LogP contribution >= 0.6 is 0 Å². The molecule has 0 fully saturated rings. The Morgan fingerprint density at radius 1 is 1.19 bits per heavy atom. The fourth-order valence-electron chi connectivity index (χ4n) is 2.71. The molecule has 5 heteroatoms. The van der Waals surface area contributed by atoms with E-state index in [1.165, 1.54) is 6.07 Å². The van der Waals surface area contributed by atoms with E-state index in [-0.39, 0.29) is 5.41 Å². The lowest BCUT2D eigenvalue weighted by Crippen LogP contribution is -2.12. The van der Waals surface area contributed by atoms with Crippen LogP contribution in [0.4, 0.5) is 0 Å². The smallest absolute Gasteiger partial charge is 0.336 e. The molecule has 0 bridgehead atoms. The van der Waals surface area contributed by atoms with E-state index in [2.05, 4.69) is 0 Å². The first-order valence-corrected chi connectivity index (χ1v) is 8.58. The van der Waals surface area contributed by atoms with E-state index >= 15 is 0 Å². The molecule has 5 nitrogen and oxygen atoms in total. The van der Waals surface area contributed by atoms with Gasteiger partial charge >= 0.3 is 5.63 Å². The molecule has 0 atom stereocenters. The first kappa shape index (κ1) is 18.0. The number of hydrogen-bond donors (Lipinski definition) is 0. The van der Waals surface area contributed by atoms with E-state index in [1.807, 2.05) is 32.9 Å². The number of fused-ring (bicyclic) bond motifs is 2. The Labute approximate surface area is 151 Å². The molecule has 0 aliphatic heterocycles. The van der Waals surface area contributed by atoms with Crippen LogP contribution < -0.4 is 10.4 Å². The van der Waals surface area contributed by atoms with Gasteiger partial charge in [-0.3, -0.25) is 0 Å². The highest BCUT2D eigenvalue weighted by atomic mass is 16.5. The number of carbonyl (C=O) groups excluding carboxylic acids is 1. The topological polar surface area (TPSA) is 69.7 Å². The maximum absolute atomic E-state index is 11.5. The minimum atomic E-state index is -0.414. The molecule has 0 spiro atoms. The molecule has 0 N–H and O–H groups in total. The molecule has 0 aliphatic carbocycles. The van der Waals surface area contributed by atoms with Crippen LogP contribution in [0.3, 0.4) is 0 Å². The van der Waals surface area contributed by atoms with Crippen molar-refractivity contribution in [1.82, 2.24) is 0 Å². The van der Waals surface area contributed by atoms with E-state index in [0.717, 1.165) is 35.5 Å². The first-order valence-electron chi connectivity index (χ1n) is 8.58. The zero-order valence-electron chi connectivity index (χ0n) is 15.2. The third kappa shape index (κ3) is 3.87. The van der Waals surface area contributed by atoms with Crippen molar-refractivity contribution in [3.63, 3.8) is 0 Å². The van der Waals surface area contributed by atoms with Gasteiger partial charge in [-0.25, -0.2) is 4.79 Å². The third-order valence-corrected chi connectivity index (χ3v) is 4.45. The third-order valence-electron chi connectivity index (χ3n) is 4.45. The highest BCUT2D eigenvalue weighted by molar-refractivity contribution is 6.01. The molecule has 3 aromatic rings. The molecule has 0 aliphatic rings. The number of ether oxygens (including phenoxy) is 1. The van der Waals surface area contributed by atoms with Crippen LogP contribution in [0.25, 0.3) is 21.9 Å². The van der Waals surface area contributed by atoms with Crippen LogP contribution in [0.15, 0.2) is 55.8 Å². The average Bonchev–Trinajstić information content (AvgIpc) is 3.07. The number of benzene rings is 1. The molecule has 0 unspecified atom stereocenters. The summed E-state index contributed by atoms with van der Waals surface area (Å²) < 4.78 is 16.7. The van der Waals surface area contributed by atoms with Crippen molar-refractivity contribution in [3.8, 4) is 5.75 Å². The number of rotatable bonds is 7. The molecule has 0 saturated heterocycles. The minimum absolute atomic E-state index is 0.313. The molecule has 2 aromatic heterocycles.